The first-order valence-corrected chi connectivity index (χ1v) is 8.17. The summed E-state index contributed by atoms with van der Waals surface area (Å²) in [7, 11) is 3.21. The molecular formula is C18H29ClN2O3. The Hall–Kier alpha value is -1.46. The van der Waals surface area contributed by atoms with Crippen LogP contribution >= 0.6 is 12.4 Å². The van der Waals surface area contributed by atoms with Crippen LogP contribution in [-0.2, 0) is 10.2 Å². The van der Waals surface area contributed by atoms with E-state index < -0.39 is 5.41 Å². The predicted molar refractivity (Wildman–Crippen MR) is 98.4 cm³/mol. The van der Waals surface area contributed by atoms with Gasteiger partial charge in [0.2, 0.25) is 5.91 Å². The average molecular weight is 357 g/mol. The summed E-state index contributed by atoms with van der Waals surface area (Å²) in [5.74, 6) is 1.33. The van der Waals surface area contributed by atoms with Crippen molar-refractivity contribution in [2.75, 3.05) is 20.8 Å². The molecule has 2 unspecified atom stereocenters. The third kappa shape index (κ3) is 4.33. The molecule has 0 saturated carbocycles. The number of amides is 1. The number of hydrogen-bond acceptors (Lipinski definition) is 4. The molecule has 1 amide bonds. The van der Waals surface area contributed by atoms with Crippen LogP contribution < -0.4 is 20.1 Å². The number of methoxy groups -OCH3 is 2. The van der Waals surface area contributed by atoms with Gasteiger partial charge in [0.05, 0.1) is 19.6 Å². The first-order chi connectivity index (χ1) is 10.9. The van der Waals surface area contributed by atoms with Gasteiger partial charge in [-0.3, -0.25) is 4.79 Å². The van der Waals surface area contributed by atoms with E-state index in [1.807, 2.05) is 32.0 Å². The zero-order valence-electron chi connectivity index (χ0n) is 15.1. The number of piperidine rings is 1. The molecule has 0 spiro atoms. The lowest BCUT2D eigenvalue weighted by Gasteiger charge is -2.34. The molecule has 136 valence electrons. The molecule has 6 heteroatoms. The molecule has 1 aromatic rings. The lowest BCUT2D eigenvalue weighted by Crippen LogP contribution is -2.55. The van der Waals surface area contributed by atoms with Crippen molar-refractivity contribution in [1.29, 1.82) is 0 Å². The smallest absolute Gasteiger partial charge is 0.230 e. The predicted octanol–water partition coefficient (Wildman–Crippen LogP) is 2.66. The van der Waals surface area contributed by atoms with Crippen molar-refractivity contribution in [2.24, 2.45) is 0 Å². The first-order valence-electron chi connectivity index (χ1n) is 8.17. The van der Waals surface area contributed by atoms with Crippen LogP contribution in [0.25, 0.3) is 0 Å². The molecule has 1 aromatic carbocycles. The summed E-state index contributed by atoms with van der Waals surface area (Å²) in [6.45, 7) is 7.01. The van der Waals surface area contributed by atoms with E-state index in [4.69, 9.17) is 9.47 Å². The molecule has 2 atom stereocenters. The highest BCUT2D eigenvalue weighted by Crippen LogP contribution is 2.33. The molecule has 2 rings (SSSR count). The number of hydrogen-bond donors (Lipinski definition) is 2. The molecule has 1 fully saturated rings. The molecule has 1 saturated heterocycles. The van der Waals surface area contributed by atoms with Gasteiger partial charge in [-0.1, -0.05) is 6.07 Å². The minimum Gasteiger partial charge on any atom is -0.493 e. The van der Waals surface area contributed by atoms with Crippen molar-refractivity contribution in [1.82, 2.24) is 10.6 Å². The standard InChI is InChI=1S/C18H28N2O3.ClH/c1-12-14(7-6-10-19-12)20-17(21)18(2,3)13-8-9-15(22-4)16(11-13)23-5;/h8-9,11-12,14,19H,6-7,10H2,1-5H3,(H,20,21);1H. The summed E-state index contributed by atoms with van der Waals surface area (Å²) in [6.07, 6.45) is 2.11. The molecule has 0 bridgehead atoms. The summed E-state index contributed by atoms with van der Waals surface area (Å²) < 4.78 is 10.6. The highest BCUT2D eigenvalue weighted by molar-refractivity contribution is 5.87. The summed E-state index contributed by atoms with van der Waals surface area (Å²) in [4.78, 5) is 12.8. The Balaban J connectivity index is 0.00000288. The van der Waals surface area contributed by atoms with Gasteiger partial charge in [0.1, 0.15) is 0 Å². The number of carbonyl (C=O) groups is 1. The fourth-order valence-electron chi connectivity index (χ4n) is 2.95. The van der Waals surface area contributed by atoms with Gasteiger partial charge in [0.25, 0.3) is 0 Å². The molecule has 1 heterocycles. The van der Waals surface area contributed by atoms with Gasteiger partial charge >= 0.3 is 0 Å². The molecule has 2 N–H and O–H groups in total. The minimum atomic E-state index is -0.642. The van der Waals surface area contributed by atoms with E-state index in [0.717, 1.165) is 24.9 Å². The second kappa shape index (κ2) is 8.58. The molecule has 24 heavy (non-hydrogen) atoms. The third-order valence-electron chi connectivity index (χ3n) is 4.75. The van der Waals surface area contributed by atoms with Crippen LogP contribution in [0.4, 0.5) is 0 Å². The topological polar surface area (TPSA) is 59.6 Å². The van der Waals surface area contributed by atoms with Gasteiger partial charge in [0.15, 0.2) is 11.5 Å². The molecule has 0 aliphatic carbocycles. The second-order valence-electron chi connectivity index (χ2n) is 6.66. The molecule has 5 nitrogen and oxygen atoms in total. The van der Waals surface area contributed by atoms with E-state index in [2.05, 4.69) is 17.6 Å². The zero-order valence-corrected chi connectivity index (χ0v) is 16.0. The number of benzene rings is 1. The Kier molecular flexibility index (Phi) is 7.36. The summed E-state index contributed by atoms with van der Waals surface area (Å²) in [5, 5.41) is 6.61. The van der Waals surface area contributed by atoms with Crippen molar-refractivity contribution in [3.63, 3.8) is 0 Å². The summed E-state index contributed by atoms with van der Waals surface area (Å²) in [5.41, 5.74) is 0.264. The quantitative estimate of drug-likeness (QED) is 0.851. The Morgan fingerprint density at radius 1 is 1.25 bits per heavy atom. The van der Waals surface area contributed by atoms with Crippen molar-refractivity contribution in [2.45, 2.75) is 51.1 Å². The number of nitrogens with one attached hydrogen (secondary N) is 2. The largest absolute Gasteiger partial charge is 0.493 e. The van der Waals surface area contributed by atoms with Crippen LogP contribution in [0.15, 0.2) is 18.2 Å². The fourth-order valence-corrected chi connectivity index (χ4v) is 2.95. The lowest BCUT2D eigenvalue weighted by atomic mass is 9.82. The van der Waals surface area contributed by atoms with E-state index in [1.165, 1.54) is 0 Å². The average Bonchev–Trinajstić information content (AvgIpc) is 2.56. The van der Waals surface area contributed by atoms with Crippen LogP contribution in [-0.4, -0.2) is 38.8 Å². The van der Waals surface area contributed by atoms with Crippen LogP contribution in [0.3, 0.4) is 0 Å². The monoisotopic (exact) mass is 356 g/mol. The van der Waals surface area contributed by atoms with E-state index in [1.54, 1.807) is 14.2 Å². The Labute approximate surface area is 150 Å². The van der Waals surface area contributed by atoms with Gasteiger partial charge in [0, 0.05) is 12.1 Å². The van der Waals surface area contributed by atoms with Crippen molar-refractivity contribution >= 4 is 18.3 Å². The van der Waals surface area contributed by atoms with Crippen LogP contribution in [0, 0.1) is 0 Å². The highest BCUT2D eigenvalue weighted by atomic mass is 35.5. The Bertz CT molecular complexity index is 563. The van der Waals surface area contributed by atoms with Gasteiger partial charge in [-0.2, -0.15) is 0 Å². The maximum absolute atomic E-state index is 12.8. The number of halogens is 1. The van der Waals surface area contributed by atoms with E-state index >= 15 is 0 Å². The van der Waals surface area contributed by atoms with Gasteiger partial charge < -0.3 is 20.1 Å². The summed E-state index contributed by atoms with van der Waals surface area (Å²) in [6, 6.07) is 6.11. The van der Waals surface area contributed by atoms with Crippen LogP contribution in [0.1, 0.15) is 39.2 Å². The molecule has 0 aromatic heterocycles. The summed E-state index contributed by atoms with van der Waals surface area (Å²) >= 11 is 0. The Morgan fingerprint density at radius 3 is 2.50 bits per heavy atom. The first kappa shape index (κ1) is 20.6. The molecular weight excluding hydrogens is 328 g/mol. The molecule has 1 aliphatic rings. The molecule has 1 aliphatic heterocycles. The number of carbonyl (C=O) groups excluding carboxylic acids is 1. The maximum atomic E-state index is 12.8. The second-order valence-corrected chi connectivity index (χ2v) is 6.66. The van der Waals surface area contributed by atoms with Crippen molar-refractivity contribution in [3.05, 3.63) is 23.8 Å². The lowest BCUT2D eigenvalue weighted by molar-refractivity contribution is -0.126. The third-order valence-corrected chi connectivity index (χ3v) is 4.75. The number of ether oxygens (including phenoxy) is 2. The SMILES string of the molecule is COc1ccc(C(C)(C)C(=O)NC2CCCNC2C)cc1OC.Cl. The van der Waals surface area contributed by atoms with E-state index in [-0.39, 0.29) is 24.4 Å². The van der Waals surface area contributed by atoms with Gasteiger partial charge in [-0.25, -0.2) is 0 Å². The van der Waals surface area contributed by atoms with Crippen LogP contribution in [0.5, 0.6) is 11.5 Å². The zero-order chi connectivity index (χ0) is 17.0. The van der Waals surface area contributed by atoms with E-state index in [0.29, 0.717) is 17.5 Å². The maximum Gasteiger partial charge on any atom is 0.230 e. The van der Waals surface area contributed by atoms with Crippen molar-refractivity contribution in [3.8, 4) is 11.5 Å². The fraction of sp³-hybridized carbons (Fsp3) is 0.611. The highest BCUT2D eigenvalue weighted by Gasteiger charge is 2.33. The Morgan fingerprint density at radius 2 is 1.92 bits per heavy atom. The van der Waals surface area contributed by atoms with Gasteiger partial charge in [-0.05, 0) is 57.9 Å². The minimum absolute atomic E-state index is 0. The van der Waals surface area contributed by atoms with Crippen molar-refractivity contribution < 1.29 is 14.3 Å². The van der Waals surface area contributed by atoms with Crippen LogP contribution in [0.2, 0.25) is 0 Å². The normalized spacial score (nSPS) is 20.7. The van der Waals surface area contributed by atoms with Gasteiger partial charge in [-0.15, -0.1) is 12.4 Å². The molecule has 0 radical (unpaired) electrons. The van der Waals surface area contributed by atoms with E-state index in [9.17, 15) is 4.79 Å². The number of rotatable bonds is 5.